The predicted molar refractivity (Wildman–Crippen MR) is 89.9 cm³/mol. The van der Waals surface area contributed by atoms with E-state index in [2.05, 4.69) is 10.2 Å². The van der Waals surface area contributed by atoms with E-state index < -0.39 is 6.10 Å². The largest absolute Gasteiger partial charge is 0.388 e. The van der Waals surface area contributed by atoms with Crippen molar-refractivity contribution in [3.05, 3.63) is 0 Å². The van der Waals surface area contributed by atoms with Crippen LogP contribution in [0.3, 0.4) is 0 Å². The van der Waals surface area contributed by atoms with Crippen LogP contribution in [0.25, 0.3) is 0 Å². The number of rotatable bonds is 4. The van der Waals surface area contributed by atoms with Gasteiger partial charge in [-0.1, -0.05) is 0 Å². The first-order valence-corrected chi connectivity index (χ1v) is 9.20. The van der Waals surface area contributed by atoms with Crippen LogP contribution in [0.5, 0.6) is 0 Å². The summed E-state index contributed by atoms with van der Waals surface area (Å²) in [7, 11) is 0. The average molecular weight is 355 g/mol. The first-order chi connectivity index (χ1) is 12.0. The van der Waals surface area contributed by atoms with Crippen LogP contribution in [-0.4, -0.2) is 97.5 Å². The van der Waals surface area contributed by atoms with E-state index in [1.165, 1.54) is 0 Å². The van der Waals surface area contributed by atoms with Crippen LogP contribution in [0.15, 0.2) is 0 Å². The number of ether oxygens (including phenoxy) is 2. The summed E-state index contributed by atoms with van der Waals surface area (Å²) in [5.74, 6) is 0.0685. The van der Waals surface area contributed by atoms with Gasteiger partial charge in [0, 0.05) is 58.8 Å². The summed E-state index contributed by atoms with van der Waals surface area (Å²) in [5, 5.41) is 13.5. The van der Waals surface area contributed by atoms with Crippen LogP contribution in [-0.2, 0) is 19.1 Å². The molecule has 0 unspecified atom stereocenters. The molecule has 0 radical (unpaired) electrons. The number of nitrogens with one attached hydrogen (secondary N) is 1. The number of aliphatic hydroxyl groups excluding tert-OH is 1. The molecule has 2 N–H and O–H groups in total. The van der Waals surface area contributed by atoms with Crippen molar-refractivity contribution in [2.45, 2.75) is 38.0 Å². The standard InChI is InChI=1S/C17H29N3O5/c1-12(21)20-6-4-19(5-7-20)10-15-16(22)14(11-25-15)18-17(23)13-2-8-24-9-3-13/h13-16,22H,2-11H2,1H3,(H,18,23)/t14-,15-,16+/m0/s1. The van der Waals surface area contributed by atoms with Gasteiger partial charge in [0.1, 0.15) is 6.10 Å². The fourth-order valence-corrected chi connectivity index (χ4v) is 3.73. The molecule has 2 amide bonds. The van der Waals surface area contributed by atoms with Crippen LogP contribution < -0.4 is 5.32 Å². The number of nitrogens with zero attached hydrogens (tertiary/aromatic N) is 2. The van der Waals surface area contributed by atoms with Crippen LogP contribution in [0.2, 0.25) is 0 Å². The molecule has 0 aliphatic carbocycles. The zero-order valence-electron chi connectivity index (χ0n) is 14.9. The number of hydrogen-bond acceptors (Lipinski definition) is 6. The lowest BCUT2D eigenvalue weighted by Crippen LogP contribution is -2.52. The highest BCUT2D eigenvalue weighted by Crippen LogP contribution is 2.19. The second-order valence-corrected chi connectivity index (χ2v) is 7.17. The first kappa shape index (κ1) is 18.6. The van der Waals surface area contributed by atoms with Crippen molar-refractivity contribution >= 4 is 11.8 Å². The Morgan fingerprint density at radius 1 is 1.16 bits per heavy atom. The van der Waals surface area contributed by atoms with Crippen molar-refractivity contribution in [2.75, 3.05) is 52.5 Å². The molecule has 8 heteroatoms. The molecule has 3 rings (SSSR count). The lowest BCUT2D eigenvalue weighted by molar-refractivity contribution is -0.131. The summed E-state index contributed by atoms with van der Waals surface area (Å²) in [4.78, 5) is 27.7. The lowest BCUT2D eigenvalue weighted by atomic mass is 9.98. The van der Waals surface area contributed by atoms with Gasteiger partial charge in [0.25, 0.3) is 0 Å². The Morgan fingerprint density at radius 3 is 2.48 bits per heavy atom. The highest BCUT2D eigenvalue weighted by Gasteiger charge is 2.39. The van der Waals surface area contributed by atoms with E-state index >= 15 is 0 Å². The lowest BCUT2D eigenvalue weighted by Gasteiger charge is -2.35. The molecule has 25 heavy (non-hydrogen) atoms. The molecule has 142 valence electrons. The molecule has 3 heterocycles. The van der Waals surface area contributed by atoms with Crippen LogP contribution in [0.1, 0.15) is 19.8 Å². The van der Waals surface area contributed by atoms with Gasteiger partial charge < -0.3 is 24.8 Å². The minimum atomic E-state index is -0.699. The number of carbonyl (C=O) groups is 2. The van der Waals surface area contributed by atoms with Crippen molar-refractivity contribution in [3.63, 3.8) is 0 Å². The van der Waals surface area contributed by atoms with Gasteiger partial charge in [0.15, 0.2) is 0 Å². The number of hydrogen-bond donors (Lipinski definition) is 2. The minimum absolute atomic E-state index is 0.00771. The minimum Gasteiger partial charge on any atom is -0.388 e. The van der Waals surface area contributed by atoms with Gasteiger partial charge in [-0.2, -0.15) is 0 Å². The topological polar surface area (TPSA) is 91.3 Å². The van der Waals surface area contributed by atoms with E-state index in [9.17, 15) is 14.7 Å². The van der Waals surface area contributed by atoms with Gasteiger partial charge in [0.05, 0.1) is 18.8 Å². The second kappa shape index (κ2) is 8.44. The summed E-state index contributed by atoms with van der Waals surface area (Å²) in [5.41, 5.74) is 0. The van der Waals surface area contributed by atoms with Crippen LogP contribution >= 0.6 is 0 Å². The van der Waals surface area contributed by atoms with E-state index in [1.807, 2.05) is 4.90 Å². The fourth-order valence-electron chi connectivity index (χ4n) is 3.73. The normalized spacial score (nSPS) is 31.9. The molecule has 3 saturated heterocycles. The Balaban J connectivity index is 1.43. The molecule has 3 aliphatic heterocycles. The summed E-state index contributed by atoms with van der Waals surface area (Å²) in [6.45, 7) is 6.78. The van der Waals surface area contributed by atoms with Crippen molar-refractivity contribution in [2.24, 2.45) is 5.92 Å². The molecule has 0 aromatic heterocycles. The Labute approximate surface area is 148 Å². The number of piperazine rings is 1. The van der Waals surface area contributed by atoms with Crippen molar-refractivity contribution in [1.29, 1.82) is 0 Å². The smallest absolute Gasteiger partial charge is 0.223 e. The molecule has 3 atom stereocenters. The zero-order valence-corrected chi connectivity index (χ0v) is 14.9. The summed E-state index contributed by atoms with van der Waals surface area (Å²) in [6.07, 6.45) is 0.470. The maximum Gasteiger partial charge on any atom is 0.223 e. The molecular formula is C17H29N3O5. The number of aliphatic hydroxyl groups is 1. The first-order valence-electron chi connectivity index (χ1n) is 9.20. The average Bonchev–Trinajstić information content (AvgIpc) is 2.96. The Bertz CT molecular complexity index is 475. The summed E-state index contributed by atoms with van der Waals surface area (Å²) >= 11 is 0. The zero-order chi connectivity index (χ0) is 17.8. The Morgan fingerprint density at radius 2 is 1.84 bits per heavy atom. The molecule has 0 spiro atoms. The van der Waals surface area contributed by atoms with E-state index in [1.54, 1.807) is 6.92 Å². The number of carbonyl (C=O) groups excluding carboxylic acids is 2. The van der Waals surface area contributed by atoms with Crippen molar-refractivity contribution in [3.8, 4) is 0 Å². The second-order valence-electron chi connectivity index (χ2n) is 7.17. The third-order valence-corrected chi connectivity index (χ3v) is 5.46. The van der Waals surface area contributed by atoms with Crippen molar-refractivity contribution < 1.29 is 24.2 Å². The Hall–Kier alpha value is -1.22. The predicted octanol–water partition coefficient (Wildman–Crippen LogP) is -1.18. The third kappa shape index (κ3) is 4.69. The van der Waals surface area contributed by atoms with Gasteiger partial charge in [-0.3, -0.25) is 14.5 Å². The maximum atomic E-state index is 12.3. The van der Waals surface area contributed by atoms with E-state index in [4.69, 9.17) is 9.47 Å². The molecule has 0 aromatic rings. The molecule has 8 nitrogen and oxygen atoms in total. The van der Waals surface area contributed by atoms with Gasteiger partial charge in [0.2, 0.25) is 11.8 Å². The van der Waals surface area contributed by atoms with E-state index in [0.717, 1.165) is 25.9 Å². The van der Waals surface area contributed by atoms with Crippen LogP contribution in [0.4, 0.5) is 0 Å². The van der Waals surface area contributed by atoms with E-state index in [0.29, 0.717) is 39.5 Å². The molecule has 3 aliphatic rings. The summed E-state index contributed by atoms with van der Waals surface area (Å²) < 4.78 is 11.0. The summed E-state index contributed by atoms with van der Waals surface area (Å²) in [6, 6.07) is -0.348. The van der Waals surface area contributed by atoms with Crippen molar-refractivity contribution in [1.82, 2.24) is 15.1 Å². The van der Waals surface area contributed by atoms with Gasteiger partial charge in [-0.15, -0.1) is 0 Å². The highest BCUT2D eigenvalue weighted by molar-refractivity contribution is 5.79. The monoisotopic (exact) mass is 355 g/mol. The highest BCUT2D eigenvalue weighted by atomic mass is 16.5. The Kier molecular flexibility index (Phi) is 6.27. The van der Waals surface area contributed by atoms with Crippen LogP contribution in [0, 0.1) is 5.92 Å². The molecule has 0 aromatic carbocycles. The molecular weight excluding hydrogens is 326 g/mol. The van der Waals surface area contributed by atoms with E-state index in [-0.39, 0.29) is 29.9 Å². The van der Waals surface area contributed by atoms with Gasteiger partial charge >= 0.3 is 0 Å². The molecule has 3 fully saturated rings. The maximum absolute atomic E-state index is 12.3. The van der Waals surface area contributed by atoms with Gasteiger partial charge in [-0.25, -0.2) is 0 Å². The molecule has 0 bridgehead atoms. The molecule has 0 saturated carbocycles. The van der Waals surface area contributed by atoms with Gasteiger partial charge in [-0.05, 0) is 12.8 Å². The number of amides is 2. The third-order valence-electron chi connectivity index (χ3n) is 5.46. The SMILES string of the molecule is CC(=O)N1CCN(C[C@@H]2OC[C@H](NC(=O)C3CCOCC3)[C@H]2O)CC1. The quantitative estimate of drug-likeness (QED) is 0.660. The fraction of sp³-hybridized carbons (Fsp3) is 0.882.